The van der Waals surface area contributed by atoms with E-state index in [-0.39, 0.29) is 23.5 Å². The predicted molar refractivity (Wildman–Crippen MR) is 225 cm³/mol. The van der Waals surface area contributed by atoms with Crippen molar-refractivity contribution in [1.82, 2.24) is 10.6 Å². The molecule has 0 heterocycles. The molecule has 3 rings (SSSR count). The molecule has 3 aromatic rings. The Morgan fingerprint density at radius 1 is 0.636 bits per heavy atom. The SMILES string of the molecule is CC/C=C\C/C=C\C/C=C\C/C=C\C/C=C\CCCC(=O)NCCNC(=O)c1ccc(NC(=O)C(C)(C)Oc2ccc(C(=O)c3ccc(Cl)cc3)cc2)cc1. The lowest BCUT2D eigenvalue weighted by Crippen LogP contribution is -2.42. The minimum absolute atomic E-state index is 0.0464. The number of anilines is 1. The molecule has 0 unspecified atom stereocenters. The third-order valence-corrected chi connectivity index (χ3v) is 8.46. The molecule has 3 amide bonds. The number of hydrogen-bond donors (Lipinski definition) is 3. The maximum atomic E-state index is 13.1. The average Bonchev–Trinajstić information content (AvgIpc) is 3.18. The molecule has 3 N–H and O–H groups in total. The zero-order valence-electron chi connectivity index (χ0n) is 32.2. The van der Waals surface area contributed by atoms with E-state index in [0.717, 1.165) is 44.9 Å². The zero-order valence-corrected chi connectivity index (χ0v) is 32.9. The Balaban J connectivity index is 1.27. The molecular weight excluding hydrogens is 710 g/mol. The van der Waals surface area contributed by atoms with Crippen molar-refractivity contribution in [2.75, 3.05) is 18.4 Å². The number of benzene rings is 3. The third-order valence-electron chi connectivity index (χ3n) is 8.21. The van der Waals surface area contributed by atoms with Crippen molar-refractivity contribution >= 4 is 40.8 Å². The maximum absolute atomic E-state index is 13.1. The number of hydrogen-bond acceptors (Lipinski definition) is 5. The summed E-state index contributed by atoms with van der Waals surface area (Å²) in [7, 11) is 0. The molecule has 0 aliphatic rings. The topological polar surface area (TPSA) is 114 Å². The standard InChI is InChI=1S/C46H54ClN3O5/c1-4-5-6-7-8-9-10-11-12-13-14-15-16-17-18-19-20-21-42(51)48-34-35-49-44(53)38-24-30-40(31-25-38)50-45(54)46(2,3)55-41-32-26-37(27-33-41)43(52)36-22-28-39(47)29-23-36/h5-6,8-9,11-12,14-15,17-18,22-33H,4,7,10,13,16,19-21,34-35H2,1-3H3,(H,48,51)(H,49,53)(H,50,54)/b6-5-,9-8-,12-11-,15-14-,18-17-. The van der Waals surface area contributed by atoms with Crippen LogP contribution in [0.2, 0.25) is 5.02 Å². The molecule has 0 atom stereocenters. The van der Waals surface area contributed by atoms with Gasteiger partial charge in [0.05, 0.1) is 0 Å². The van der Waals surface area contributed by atoms with Crippen LogP contribution in [0.4, 0.5) is 5.69 Å². The third kappa shape index (κ3) is 17.5. The summed E-state index contributed by atoms with van der Waals surface area (Å²) in [6.07, 6.45) is 28.5. The second kappa shape index (κ2) is 24.8. The van der Waals surface area contributed by atoms with Crippen LogP contribution in [0.25, 0.3) is 0 Å². The van der Waals surface area contributed by atoms with Gasteiger partial charge in [0.25, 0.3) is 11.8 Å². The number of unbranched alkanes of at least 4 members (excludes halogenated alkanes) is 1. The van der Waals surface area contributed by atoms with Crippen LogP contribution in [0.15, 0.2) is 134 Å². The highest BCUT2D eigenvalue weighted by Crippen LogP contribution is 2.23. The van der Waals surface area contributed by atoms with Crippen LogP contribution in [-0.2, 0) is 9.59 Å². The Morgan fingerprint density at radius 3 is 1.69 bits per heavy atom. The van der Waals surface area contributed by atoms with Gasteiger partial charge in [-0.1, -0.05) is 79.3 Å². The molecule has 8 nitrogen and oxygen atoms in total. The van der Waals surface area contributed by atoms with E-state index in [1.54, 1.807) is 86.6 Å². The quantitative estimate of drug-likeness (QED) is 0.0506. The number of amides is 3. The highest BCUT2D eigenvalue weighted by atomic mass is 35.5. The molecule has 0 saturated heterocycles. The molecule has 0 bridgehead atoms. The number of allylic oxidation sites excluding steroid dienone is 10. The lowest BCUT2D eigenvalue weighted by atomic mass is 10.0. The van der Waals surface area contributed by atoms with Crippen LogP contribution in [0, 0.1) is 0 Å². The minimum atomic E-state index is -1.24. The fourth-order valence-corrected chi connectivity index (χ4v) is 5.21. The Labute approximate surface area is 331 Å². The van der Waals surface area contributed by atoms with E-state index in [1.165, 1.54) is 0 Å². The first-order valence-corrected chi connectivity index (χ1v) is 19.3. The molecule has 3 aromatic carbocycles. The van der Waals surface area contributed by atoms with Gasteiger partial charge in [-0.15, -0.1) is 0 Å². The van der Waals surface area contributed by atoms with Gasteiger partial charge >= 0.3 is 0 Å². The number of carbonyl (C=O) groups is 4. The molecule has 55 heavy (non-hydrogen) atoms. The van der Waals surface area contributed by atoms with Gasteiger partial charge in [0.2, 0.25) is 5.91 Å². The molecule has 0 aromatic heterocycles. The Morgan fingerprint density at radius 2 is 1.13 bits per heavy atom. The van der Waals surface area contributed by atoms with Gasteiger partial charge in [0, 0.05) is 46.9 Å². The van der Waals surface area contributed by atoms with Crippen LogP contribution in [0.5, 0.6) is 5.75 Å². The summed E-state index contributed by atoms with van der Waals surface area (Å²) in [6, 6.07) is 19.7. The summed E-state index contributed by atoms with van der Waals surface area (Å²) in [5, 5.41) is 9.01. The highest BCUT2D eigenvalue weighted by Gasteiger charge is 2.30. The Bertz CT molecular complexity index is 1810. The van der Waals surface area contributed by atoms with Crippen LogP contribution in [0.3, 0.4) is 0 Å². The van der Waals surface area contributed by atoms with Crippen LogP contribution < -0.4 is 20.7 Å². The molecule has 0 aliphatic heterocycles. The molecule has 0 saturated carbocycles. The monoisotopic (exact) mass is 763 g/mol. The average molecular weight is 764 g/mol. The molecule has 9 heteroatoms. The van der Waals surface area contributed by atoms with Crippen LogP contribution in [-0.4, -0.2) is 42.2 Å². The maximum Gasteiger partial charge on any atom is 0.267 e. The van der Waals surface area contributed by atoms with Crippen molar-refractivity contribution in [2.24, 2.45) is 0 Å². The van der Waals surface area contributed by atoms with Gasteiger partial charge in [0.1, 0.15) is 5.75 Å². The molecular formula is C46H54ClN3O5. The lowest BCUT2D eigenvalue weighted by molar-refractivity contribution is -0.128. The first-order chi connectivity index (χ1) is 26.6. The fourth-order valence-electron chi connectivity index (χ4n) is 5.09. The van der Waals surface area contributed by atoms with Gasteiger partial charge in [-0.05, 0) is 132 Å². The smallest absolute Gasteiger partial charge is 0.267 e. The predicted octanol–water partition coefficient (Wildman–Crippen LogP) is 10.1. The summed E-state index contributed by atoms with van der Waals surface area (Å²) in [5.41, 5.74) is 0.682. The first-order valence-electron chi connectivity index (χ1n) is 18.9. The van der Waals surface area contributed by atoms with E-state index < -0.39 is 5.60 Å². The van der Waals surface area contributed by atoms with Crippen molar-refractivity contribution in [3.05, 3.63) is 155 Å². The van der Waals surface area contributed by atoms with Crippen LogP contribution >= 0.6 is 11.6 Å². The summed E-state index contributed by atoms with van der Waals surface area (Å²) in [6.45, 7) is 6.04. The normalized spacial score (nSPS) is 11.9. The second-order valence-electron chi connectivity index (χ2n) is 13.2. The van der Waals surface area contributed by atoms with Crippen molar-refractivity contribution in [2.45, 2.75) is 77.7 Å². The molecule has 0 aliphatic carbocycles. The Hall–Kier alpha value is -5.47. The van der Waals surface area contributed by atoms with Gasteiger partial charge in [-0.25, -0.2) is 0 Å². The lowest BCUT2D eigenvalue weighted by Gasteiger charge is -2.25. The molecule has 0 spiro atoms. The van der Waals surface area contributed by atoms with E-state index in [4.69, 9.17) is 16.3 Å². The van der Waals surface area contributed by atoms with E-state index in [1.807, 2.05) is 0 Å². The molecule has 0 fully saturated rings. The number of ketones is 1. The summed E-state index contributed by atoms with van der Waals surface area (Å²) >= 11 is 5.92. The molecule has 290 valence electrons. The largest absolute Gasteiger partial charge is 0.478 e. The van der Waals surface area contributed by atoms with E-state index in [9.17, 15) is 19.2 Å². The van der Waals surface area contributed by atoms with Gasteiger partial charge < -0.3 is 20.7 Å². The van der Waals surface area contributed by atoms with Gasteiger partial charge in [0.15, 0.2) is 11.4 Å². The second-order valence-corrected chi connectivity index (χ2v) is 13.6. The summed E-state index contributed by atoms with van der Waals surface area (Å²) in [4.78, 5) is 50.6. The van der Waals surface area contributed by atoms with E-state index in [2.05, 4.69) is 83.6 Å². The van der Waals surface area contributed by atoms with Crippen molar-refractivity contribution < 1.29 is 23.9 Å². The van der Waals surface area contributed by atoms with Crippen molar-refractivity contribution in [1.29, 1.82) is 0 Å². The number of rotatable bonds is 23. The van der Waals surface area contributed by atoms with E-state index >= 15 is 0 Å². The van der Waals surface area contributed by atoms with Gasteiger partial charge in [-0.2, -0.15) is 0 Å². The van der Waals surface area contributed by atoms with E-state index in [0.29, 0.717) is 52.7 Å². The Kier molecular flexibility index (Phi) is 19.8. The van der Waals surface area contributed by atoms with Gasteiger partial charge in [-0.3, -0.25) is 19.2 Å². The minimum Gasteiger partial charge on any atom is -0.478 e. The fraction of sp³-hybridized carbons (Fsp3) is 0.304. The van der Waals surface area contributed by atoms with Crippen molar-refractivity contribution in [3.8, 4) is 5.75 Å². The highest BCUT2D eigenvalue weighted by molar-refractivity contribution is 6.30. The number of halogens is 1. The van der Waals surface area contributed by atoms with Crippen molar-refractivity contribution in [3.63, 3.8) is 0 Å². The zero-order chi connectivity index (χ0) is 39.7. The number of nitrogens with one attached hydrogen (secondary N) is 3. The first kappa shape index (κ1) is 43.9. The summed E-state index contributed by atoms with van der Waals surface area (Å²) < 4.78 is 5.95. The van der Waals surface area contributed by atoms with Crippen LogP contribution in [0.1, 0.15) is 98.4 Å². The number of ether oxygens (including phenoxy) is 1. The number of carbonyl (C=O) groups excluding carboxylic acids is 4. The summed E-state index contributed by atoms with van der Waals surface area (Å²) in [5.74, 6) is -0.442. The molecule has 0 radical (unpaired) electrons.